The van der Waals surface area contributed by atoms with Crippen LogP contribution in [0.15, 0.2) is 5.11 Å². The highest BCUT2D eigenvalue weighted by Gasteiger charge is 2.35. The van der Waals surface area contributed by atoms with Crippen LogP contribution >= 0.6 is 0 Å². The Labute approximate surface area is 131 Å². The lowest BCUT2D eigenvalue weighted by Crippen LogP contribution is -2.45. The molecule has 1 atom stereocenters. The van der Waals surface area contributed by atoms with Crippen molar-refractivity contribution in [3.8, 4) is 0 Å². The van der Waals surface area contributed by atoms with Gasteiger partial charge in [0.25, 0.3) is 11.8 Å². The Morgan fingerprint density at radius 1 is 1.35 bits per heavy atom. The molecule has 0 radical (unpaired) electrons. The van der Waals surface area contributed by atoms with Gasteiger partial charge in [-0.3, -0.25) is 9.59 Å². The van der Waals surface area contributed by atoms with Crippen LogP contribution < -0.4 is 5.32 Å². The maximum absolute atomic E-state index is 12.0. The number of unbranched alkanes of at least 4 members (excludes halogenated alkanes) is 1. The van der Waals surface area contributed by atoms with E-state index in [1.165, 1.54) is 0 Å². The topological polar surface area (TPSA) is 151 Å². The number of rotatable bonds is 8. The molecule has 0 bridgehead atoms. The van der Waals surface area contributed by atoms with Gasteiger partial charge in [-0.15, -0.1) is 5.06 Å². The second kappa shape index (κ2) is 9.26. The van der Waals surface area contributed by atoms with Gasteiger partial charge < -0.3 is 14.9 Å². The molecule has 1 N–H and O–H groups in total. The molecule has 1 heterocycles. The number of nitrogens with one attached hydrogen (secondary N) is 1. The van der Waals surface area contributed by atoms with Gasteiger partial charge in [-0.2, -0.15) is 0 Å². The van der Waals surface area contributed by atoms with E-state index >= 15 is 0 Å². The molecular formula is C12H17N5O6. The zero-order valence-corrected chi connectivity index (χ0v) is 12.6. The van der Waals surface area contributed by atoms with Crippen LogP contribution in [0.5, 0.6) is 0 Å². The summed E-state index contributed by atoms with van der Waals surface area (Å²) in [5, 5.41) is 6.03. The molecule has 23 heavy (non-hydrogen) atoms. The highest BCUT2D eigenvalue weighted by atomic mass is 16.7. The summed E-state index contributed by atoms with van der Waals surface area (Å²) in [6.45, 7) is 0.250. The Morgan fingerprint density at radius 3 is 2.57 bits per heavy atom. The van der Waals surface area contributed by atoms with Gasteiger partial charge in [-0.05, 0) is 18.4 Å². The fraction of sp³-hybridized carbons (Fsp3) is 0.667. The van der Waals surface area contributed by atoms with Gasteiger partial charge >= 0.3 is 12.1 Å². The van der Waals surface area contributed by atoms with Crippen molar-refractivity contribution in [1.82, 2.24) is 10.4 Å². The maximum Gasteiger partial charge on any atom is 0.407 e. The fourth-order valence-electron chi connectivity index (χ4n) is 1.84. The quantitative estimate of drug-likeness (QED) is 0.229. The lowest BCUT2D eigenvalue weighted by molar-refractivity contribution is -0.199. The molecule has 0 aromatic rings. The van der Waals surface area contributed by atoms with Crippen molar-refractivity contribution in [2.75, 3.05) is 13.7 Å². The molecule has 3 amide bonds. The summed E-state index contributed by atoms with van der Waals surface area (Å²) in [5.41, 5.74) is 8.16. The number of azide groups is 1. The van der Waals surface area contributed by atoms with Crippen LogP contribution in [0.4, 0.5) is 4.79 Å². The lowest BCUT2D eigenvalue weighted by atomic mass is 10.1. The third-order valence-corrected chi connectivity index (χ3v) is 3.01. The molecule has 0 aromatic heterocycles. The van der Waals surface area contributed by atoms with Crippen LogP contribution in [0, 0.1) is 0 Å². The first-order chi connectivity index (χ1) is 11.0. The van der Waals surface area contributed by atoms with Crippen molar-refractivity contribution < 1.29 is 28.8 Å². The van der Waals surface area contributed by atoms with Gasteiger partial charge in [-0.1, -0.05) is 11.5 Å². The molecule has 0 spiro atoms. The molecule has 0 saturated carbocycles. The van der Waals surface area contributed by atoms with E-state index < -0.39 is 29.9 Å². The van der Waals surface area contributed by atoms with Crippen LogP contribution in [-0.4, -0.2) is 48.6 Å². The van der Waals surface area contributed by atoms with Crippen LogP contribution in [-0.2, 0) is 24.0 Å². The fourth-order valence-corrected chi connectivity index (χ4v) is 1.84. The Kier molecular flexibility index (Phi) is 7.34. The van der Waals surface area contributed by atoms with E-state index in [0.717, 1.165) is 7.11 Å². The summed E-state index contributed by atoms with van der Waals surface area (Å²) in [7, 11) is 1.13. The van der Waals surface area contributed by atoms with Crippen molar-refractivity contribution in [2.24, 2.45) is 5.11 Å². The average Bonchev–Trinajstić information content (AvgIpc) is 2.85. The molecule has 126 valence electrons. The van der Waals surface area contributed by atoms with E-state index in [0.29, 0.717) is 17.9 Å². The summed E-state index contributed by atoms with van der Waals surface area (Å²) in [4.78, 5) is 53.5. The zero-order chi connectivity index (χ0) is 17.2. The molecule has 1 saturated heterocycles. The molecule has 0 aliphatic carbocycles. The highest BCUT2D eigenvalue weighted by Crippen LogP contribution is 2.14. The van der Waals surface area contributed by atoms with Crippen molar-refractivity contribution >= 4 is 23.9 Å². The molecule has 11 heteroatoms. The third kappa shape index (κ3) is 5.83. The summed E-state index contributed by atoms with van der Waals surface area (Å²) in [6, 6.07) is -1.09. The zero-order valence-electron chi connectivity index (χ0n) is 12.6. The highest BCUT2D eigenvalue weighted by molar-refractivity contribution is 6.01. The number of carbonyl (C=O) groups excluding carboxylic acids is 4. The molecule has 1 unspecified atom stereocenters. The van der Waals surface area contributed by atoms with Crippen LogP contribution in [0.2, 0.25) is 0 Å². The molecule has 0 aromatic carbocycles. The van der Waals surface area contributed by atoms with Crippen molar-refractivity contribution in [3.63, 3.8) is 0 Å². The third-order valence-electron chi connectivity index (χ3n) is 3.01. The van der Waals surface area contributed by atoms with Crippen LogP contribution in [0.3, 0.4) is 0 Å². The van der Waals surface area contributed by atoms with Gasteiger partial charge in [-0.25, -0.2) is 9.59 Å². The minimum Gasteiger partial charge on any atom is -0.453 e. The average molecular weight is 327 g/mol. The summed E-state index contributed by atoms with van der Waals surface area (Å²) < 4.78 is 4.42. The minimum atomic E-state index is -1.09. The first kappa shape index (κ1) is 18.2. The summed E-state index contributed by atoms with van der Waals surface area (Å²) in [5.74, 6) is -2.16. The van der Waals surface area contributed by atoms with Crippen molar-refractivity contribution in [1.29, 1.82) is 0 Å². The number of methoxy groups -OCH3 is 1. The summed E-state index contributed by atoms with van der Waals surface area (Å²) >= 11 is 0. The van der Waals surface area contributed by atoms with Crippen molar-refractivity contribution in [3.05, 3.63) is 10.4 Å². The number of hydrogen-bond donors (Lipinski definition) is 1. The molecule has 1 aliphatic rings. The van der Waals surface area contributed by atoms with Gasteiger partial charge in [0.1, 0.15) is 6.04 Å². The first-order valence-electron chi connectivity index (χ1n) is 6.92. The van der Waals surface area contributed by atoms with Gasteiger partial charge in [0.05, 0.1) is 7.11 Å². The van der Waals surface area contributed by atoms with E-state index in [4.69, 9.17) is 10.4 Å². The number of carbonyl (C=O) groups is 4. The summed E-state index contributed by atoms with van der Waals surface area (Å²) in [6.07, 6.45) is 0.232. The standard InChI is InChI=1S/C12H17N5O6/c1-22-12(21)15-8(4-2-3-7-14-16-13)11(20)23-17-9(18)5-6-10(17)19/h8H,2-7H2,1H3,(H,15,21). The van der Waals surface area contributed by atoms with Crippen molar-refractivity contribution in [2.45, 2.75) is 38.1 Å². The predicted molar refractivity (Wildman–Crippen MR) is 74.4 cm³/mol. The Balaban J connectivity index is 2.60. The monoisotopic (exact) mass is 327 g/mol. The number of imide groups is 1. The number of nitrogens with zero attached hydrogens (tertiary/aromatic N) is 4. The number of amides is 3. The second-order valence-corrected chi connectivity index (χ2v) is 4.63. The molecule has 1 rings (SSSR count). The number of ether oxygens (including phenoxy) is 1. The number of alkyl carbamates (subject to hydrolysis) is 1. The number of hydrogen-bond acceptors (Lipinski definition) is 7. The minimum absolute atomic E-state index is 0.0205. The Bertz CT molecular complexity index is 514. The predicted octanol–water partition coefficient (Wildman–Crippen LogP) is 0.799. The first-order valence-corrected chi connectivity index (χ1v) is 6.92. The molecule has 11 nitrogen and oxygen atoms in total. The van der Waals surface area contributed by atoms with E-state index in [1.807, 2.05) is 0 Å². The molecule has 1 aliphatic heterocycles. The van der Waals surface area contributed by atoms with Gasteiger partial charge in [0, 0.05) is 24.3 Å². The van der Waals surface area contributed by atoms with Gasteiger partial charge in [0.2, 0.25) is 0 Å². The maximum atomic E-state index is 12.0. The smallest absolute Gasteiger partial charge is 0.407 e. The van der Waals surface area contributed by atoms with Crippen LogP contribution in [0.25, 0.3) is 10.4 Å². The molecule has 1 fully saturated rings. The number of hydroxylamine groups is 2. The SMILES string of the molecule is COC(=O)NC(CCCCN=[N+]=[N-])C(=O)ON1C(=O)CCC1=O. The Morgan fingerprint density at radius 2 is 2.00 bits per heavy atom. The largest absolute Gasteiger partial charge is 0.453 e. The lowest BCUT2D eigenvalue weighted by Gasteiger charge is -2.19. The van der Waals surface area contributed by atoms with E-state index in [9.17, 15) is 19.2 Å². The van der Waals surface area contributed by atoms with Crippen LogP contribution in [0.1, 0.15) is 32.1 Å². The Hall–Kier alpha value is -2.81. The molecular weight excluding hydrogens is 310 g/mol. The normalized spacial score (nSPS) is 14.9. The second-order valence-electron chi connectivity index (χ2n) is 4.63. The van der Waals surface area contributed by atoms with E-state index in [1.54, 1.807) is 0 Å². The van der Waals surface area contributed by atoms with E-state index in [-0.39, 0.29) is 25.8 Å². The van der Waals surface area contributed by atoms with Gasteiger partial charge in [0.15, 0.2) is 0 Å². The van der Waals surface area contributed by atoms with E-state index in [2.05, 4.69) is 20.1 Å².